The number of urea groups is 1. The fourth-order valence-electron chi connectivity index (χ4n) is 2.02. The molecule has 0 saturated carbocycles. The van der Waals surface area contributed by atoms with Crippen LogP contribution in [-0.4, -0.2) is 26.9 Å². The van der Waals surface area contributed by atoms with Crippen LogP contribution in [-0.2, 0) is 6.54 Å². The Morgan fingerprint density at radius 2 is 1.68 bits per heavy atom. The summed E-state index contributed by atoms with van der Waals surface area (Å²) in [7, 11) is 2.99. The number of nitrogens with one attached hydrogen (secondary N) is 2. The molecule has 0 spiro atoms. The van der Waals surface area contributed by atoms with Gasteiger partial charge in [-0.2, -0.15) is 8.78 Å². The molecule has 0 bridgehead atoms. The van der Waals surface area contributed by atoms with Crippen molar-refractivity contribution in [1.29, 1.82) is 0 Å². The van der Waals surface area contributed by atoms with Gasteiger partial charge in [0.25, 0.3) is 0 Å². The van der Waals surface area contributed by atoms with Crippen LogP contribution in [0.3, 0.4) is 0 Å². The number of halogens is 2. The summed E-state index contributed by atoms with van der Waals surface area (Å²) in [4.78, 5) is 12.0. The average molecular weight is 352 g/mol. The number of carbonyl (C=O) groups excluding carboxylic acids is 1. The van der Waals surface area contributed by atoms with Crippen LogP contribution in [0.15, 0.2) is 42.5 Å². The Balaban J connectivity index is 2.00. The molecule has 2 N–H and O–H groups in total. The molecule has 0 heterocycles. The Kier molecular flexibility index (Phi) is 6.39. The Morgan fingerprint density at radius 3 is 2.28 bits per heavy atom. The fourth-order valence-corrected chi connectivity index (χ4v) is 2.02. The van der Waals surface area contributed by atoms with Crippen molar-refractivity contribution < 1.29 is 27.8 Å². The van der Waals surface area contributed by atoms with Gasteiger partial charge in [0, 0.05) is 12.6 Å². The van der Waals surface area contributed by atoms with E-state index in [9.17, 15) is 13.6 Å². The number of amides is 2. The van der Waals surface area contributed by atoms with Crippen molar-refractivity contribution >= 4 is 11.7 Å². The Bertz CT molecular complexity index is 708. The van der Waals surface area contributed by atoms with Crippen LogP contribution in [0.4, 0.5) is 19.3 Å². The summed E-state index contributed by atoms with van der Waals surface area (Å²) < 4.78 is 39.4. The van der Waals surface area contributed by atoms with Crippen molar-refractivity contribution in [3.05, 3.63) is 48.0 Å². The molecule has 0 atom stereocenters. The first-order chi connectivity index (χ1) is 12.0. The second-order valence-corrected chi connectivity index (χ2v) is 4.90. The minimum atomic E-state index is -3.00. The minimum absolute atomic E-state index is 0.0758. The van der Waals surface area contributed by atoms with Crippen molar-refractivity contribution in [2.75, 3.05) is 19.5 Å². The maximum absolute atomic E-state index is 12.5. The van der Waals surface area contributed by atoms with Gasteiger partial charge in [-0.15, -0.1) is 0 Å². The zero-order valence-corrected chi connectivity index (χ0v) is 13.7. The summed E-state index contributed by atoms with van der Waals surface area (Å²) >= 11 is 0. The molecule has 0 saturated heterocycles. The summed E-state index contributed by atoms with van der Waals surface area (Å²) in [5.41, 5.74) is 0.928. The maximum Gasteiger partial charge on any atom is 0.387 e. The van der Waals surface area contributed by atoms with Crippen molar-refractivity contribution in [3.63, 3.8) is 0 Å². The number of anilines is 1. The lowest BCUT2D eigenvalue weighted by Gasteiger charge is -2.14. The number of rotatable bonds is 7. The standard InChI is InChI=1S/C17H18F2N2O4/c1-23-12-5-3-11(4-6-12)10-20-17(22)21-14-9-13(24-2)7-8-15(14)25-16(18)19/h3-9,16H,10H2,1-2H3,(H2,20,21,22). The largest absolute Gasteiger partial charge is 0.497 e. The second-order valence-electron chi connectivity index (χ2n) is 4.90. The normalized spacial score (nSPS) is 10.3. The van der Waals surface area contributed by atoms with Crippen LogP contribution < -0.4 is 24.8 Å². The lowest BCUT2D eigenvalue weighted by molar-refractivity contribution is -0.0493. The predicted octanol–water partition coefficient (Wildman–Crippen LogP) is 3.63. The molecule has 0 radical (unpaired) electrons. The van der Waals surface area contributed by atoms with Gasteiger partial charge in [-0.05, 0) is 29.8 Å². The van der Waals surface area contributed by atoms with Crippen LogP contribution in [0, 0.1) is 0 Å². The first kappa shape index (κ1) is 18.3. The Labute approximate surface area is 143 Å². The summed E-state index contributed by atoms with van der Waals surface area (Å²) in [6.07, 6.45) is 0. The van der Waals surface area contributed by atoms with Gasteiger partial charge in [-0.25, -0.2) is 4.79 Å². The van der Waals surface area contributed by atoms with Gasteiger partial charge in [0.15, 0.2) is 0 Å². The summed E-state index contributed by atoms with van der Waals surface area (Å²) in [6.45, 7) is -2.75. The molecule has 25 heavy (non-hydrogen) atoms. The van der Waals surface area contributed by atoms with Crippen LogP contribution in [0.2, 0.25) is 0 Å². The molecule has 134 valence electrons. The number of hydrogen-bond acceptors (Lipinski definition) is 4. The predicted molar refractivity (Wildman–Crippen MR) is 88.5 cm³/mol. The van der Waals surface area contributed by atoms with Gasteiger partial charge in [0.1, 0.15) is 17.2 Å². The number of carbonyl (C=O) groups is 1. The summed E-state index contributed by atoms with van der Waals surface area (Å²) in [6, 6.07) is 10.7. The monoisotopic (exact) mass is 352 g/mol. The van der Waals surface area contributed by atoms with Crippen molar-refractivity contribution in [2.24, 2.45) is 0 Å². The van der Waals surface area contributed by atoms with E-state index in [1.807, 2.05) is 0 Å². The molecular weight excluding hydrogens is 334 g/mol. The third-order valence-electron chi connectivity index (χ3n) is 3.26. The Hall–Kier alpha value is -3.03. The number of ether oxygens (including phenoxy) is 3. The second kappa shape index (κ2) is 8.72. The zero-order valence-electron chi connectivity index (χ0n) is 13.7. The van der Waals surface area contributed by atoms with Crippen LogP contribution in [0.25, 0.3) is 0 Å². The molecule has 0 fully saturated rings. The third-order valence-corrected chi connectivity index (χ3v) is 3.26. The number of hydrogen-bond donors (Lipinski definition) is 2. The van der Waals surface area contributed by atoms with Crippen LogP contribution >= 0.6 is 0 Å². The van der Waals surface area contributed by atoms with E-state index in [1.165, 1.54) is 25.3 Å². The van der Waals surface area contributed by atoms with Crippen LogP contribution in [0.1, 0.15) is 5.56 Å². The molecule has 0 aromatic heterocycles. The van der Waals surface area contributed by atoms with E-state index in [-0.39, 0.29) is 18.0 Å². The van der Waals surface area contributed by atoms with Crippen molar-refractivity contribution in [2.45, 2.75) is 13.2 Å². The van der Waals surface area contributed by atoms with E-state index in [0.717, 1.165) is 5.56 Å². The highest BCUT2D eigenvalue weighted by Crippen LogP contribution is 2.30. The highest BCUT2D eigenvalue weighted by atomic mass is 19.3. The molecule has 0 aliphatic heterocycles. The van der Waals surface area contributed by atoms with E-state index in [1.54, 1.807) is 31.4 Å². The van der Waals surface area contributed by atoms with Crippen LogP contribution in [0.5, 0.6) is 17.2 Å². The molecular formula is C17H18F2N2O4. The van der Waals surface area contributed by atoms with Gasteiger partial charge in [-0.3, -0.25) is 0 Å². The zero-order chi connectivity index (χ0) is 18.2. The molecule has 2 rings (SSSR count). The molecule has 0 unspecified atom stereocenters. The maximum atomic E-state index is 12.5. The number of alkyl halides is 2. The van der Waals surface area contributed by atoms with E-state index in [0.29, 0.717) is 11.5 Å². The molecule has 0 aliphatic rings. The summed E-state index contributed by atoms with van der Waals surface area (Å²) in [5.74, 6) is 0.945. The quantitative estimate of drug-likeness (QED) is 0.798. The number of benzene rings is 2. The highest BCUT2D eigenvalue weighted by molar-refractivity contribution is 5.91. The molecule has 2 aromatic rings. The third kappa shape index (κ3) is 5.52. The van der Waals surface area contributed by atoms with E-state index >= 15 is 0 Å². The van der Waals surface area contributed by atoms with E-state index < -0.39 is 12.6 Å². The van der Waals surface area contributed by atoms with Gasteiger partial charge in [0.2, 0.25) is 0 Å². The van der Waals surface area contributed by atoms with Gasteiger partial charge in [-0.1, -0.05) is 12.1 Å². The average Bonchev–Trinajstić information content (AvgIpc) is 2.61. The Morgan fingerprint density at radius 1 is 1.04 bits per heavy atom. The first-order valence-corrected chi connectivity index (χ1v) is 7.32. The smallest absolute Gasteiger partial charge is 0.387 e. The topological polar surface area (TPSA) is 68.8 Å². The highest BCUT2D eigenvalue weighted by Gasteiger charge is 2.13. The van der Waals surface area contributed by atoms with Crippen molar-refractivity contribution in [1.82, 2.24) is 5.32 Å². The van der Waals surface area contributed by atoms with Gasteiger partial charge >= 0.3 is 12.6 Å². The van der Waals surface area contributed by atoms with Crippen molar-refractivity contribution in [3.8, 4) is 17.2 Å². The molecule has 2 amide bonds. The van der Waals surface area contributed by atoms with E-state index in [2.05, 4.69) is 15.4 Å². The van der Waals surface area contributed by atoms with Gasteiger partial charge in [0.05, 0.1) is 19.9 Å². The molecule has 6 nitrogen and oxygen atoms in total. The SMILES string of the molecule is COc1ccc(CNC(=O)Nc2cc(OC)ccc2OC(F)F)cc1. The minimum Gasteiger partial charge on any atom is -0.497 e. The first-order valence-electron chi connectivity index (χ1n) is 7.32. The molecule has 0 aliphatic carbocycles. The lowest BCUT2D eigenvalue weighted by atomic mass is 10.2. The number of methoxy groups -OCH3 is 2. The summed E-state index contributed by atoms with van der Waals surface area (Å²) in [5, 5.41) is 5.10. The fraction of sp³-hybridized carbons (Fsp3) is 0.235. The van der Waals surface area contributed by atoms with Gasteiger partial charge < -0.3 is 24.8 Å². The lowest BCUT2D eigenvalue weighted by Crippen LogP contribution is -2.28. The molecule has 2 aromatic carbocycles. The van der Waals surface area contributed by atoms with E-state index in [4.69, 9.17) is 9.47 Å². The molecule has 8 heteroatoms.